The van der Waals surface area contributed by atoms with Crippen LogP contribution in [0.3, 0.4) is 0 Å². The van der Waals surface area contributed by atoms with Crippen LogP contribution >= 0.6 is 0 Å². The van der Waals surface area contributed by atoms with Gasteiger partial charge in [0.15, 0.2) is 5.82 Å². The van der Waals surface area contributed by atoms with Crippen LogP contribution in [0.15, 0.2) is 43.0 Å². The van der Waals surface area contributed by atoms with E-state index in [4.69, 9.17) is 0 Å². The lowest BCUT2D eigenvalue weighted by Crippen LogP contribution is -2.32. The summed E-state index contributed by atoms with van der Waals surface area (Å²) < 4.78 is 0. The summed E-state index contributed by atoms with van der Waals surface area (Å²) >= 11 is 0. The van der Waals surface area contributed by atoms with E-state index in [-0.39, 0.29) is 11.9 Å². The molecule has 142 valence electrons. The number of hydrogen-bond donors (Lipinski definition) is 1. The minimum Gasteiger partial charge on any atom is -0.347 e. The molecule has 1 aliphatic carbocycles. The second kappa shape index (κ2) is 7.67. The summed E-state index contributed by atoms with van der Waals surface area (Å²) in [5.74, 6) is 0.969. The SMILES string of the molecule is CN(C)c1ncc2c(n1)CCCC2NC(=O)c1cnc(-c2ccccn2)nc1. The third-order valence-electron chi connectivity index (χ3n) is 4.68. The van der Waals surface area contributed by atoms with Gasteiger partial charge in [-0.3, -0.25) is 9.78 Å². The van der Waals surface area contributed by atoms with Crippen molar-refractivity contribution in [2.45, 2.75) is 25.3 Å². The molecule has 0 aromatic carbocycles. The molecular weight excluding hydrogens is 354 g/mol. The van der Waals surface area contributed by atoms with Crippen LogP contribution in [0.1, 0.15) is 40.5 Å². The Balaban J connectivity index is 1.50. The van der Waals surface area contributed by atoms with Crippen molar-refractivity contribution in [1.82, 2.24) is 30.2 Å². The molecule has 4 rings (SSSR count). The average molecular weight is 375 g/mol. The zero-order chi connectivity index (χ0) is 19.5. The first-order chi connectivity index (χ1) is 13.6. The Labute approximate surface area is 163 Å². The summed E-state index contributed by atoms with van der Waals surface area (Å²) in [6.45, 7) is 0. The van der Waals surface area contributed by atoms with Crippen molar-refractivity contribution in [2.75, 3.05) is 19.0 Å². The van der Waals surface area contributed by atoms with E-state index in [1.54, 1.807) is 6.20 Å². The molecule has 0 bridgehead atoms. The number of carbonyl (C=O) groups excluding carboxylic acids is 1. The lowest BCUT2D eigenvalue weighted by molar-refractivity contribution is 0.0932. The fraction of sp³-hybridized carbons (Fsp3) is 0.300. The Hall–Kier alpha value is -3.42. The van der Waals surface area contributed by atoms with Crippen LogP contribution in [-0.2, 0) is 6.42 Å². The van der Waals surface area contributed by atoms with Crippen LogP contribution in [0.5, 0.6) is 0 Å². The minimum atomic E-state index is -0.206. The molecule has 28 heavy (non-hydrogen) atoms. The first-order valence-corrected chi connectivity index (χ1v) is 9.19. The van der Waals surface area contributed by atoms with E-state index in [9.17, 15) is 4.79 Å². The summed E-state index contributed by atoms with van der Waals surface area (Å²) in [7, 11) is 3.83. The topological polar surface area (TPSA) is 96.8 Å². The van der Waals surface area contributed by atoms with Crippen LogP contribution in [0, 0.1) is 0 Å². The van der Waals surface area contributed by atoms with Crippen molar-refractivity contribution < 1.29 is 4.79 Å². The number of fused-ring (bicyclic) bond motifs is 1. The van der Waals surface area contributed by atoms with Crippen LogP contribution in [0.4, 0.5) is 5.95 Å². The predicted molar refractivity (Wildman–Crippen MR) is 105 cm³/mol. The van der Waals surface area contributed by atoms with Crippen molar-refractivity contribution in [2.24, 2.45) is 0 Å². The van der Waals surface area contributed by atoms with Crippen molar-refractivity contribution in [3.8, 4) is 11.5 Å². The number of aryl methyl sites for hydroxylation is 1. The van der Waals surface area contributed by atoms with Gasteiger partial charge in [0.05, 0.1) is 17.3 Å². The van der Waals surface area contributed by atoms with E-state index in [2.05, 4.69) is 30.2 Å². The van der Waals surface area contributed by atoms with Crippen molar-refractivity contribution in [3.63, 3.8) is 0 Å². The second-order valence-corrected chi connectivity index (χ2v) is 6.90. The summed E-state index contributed by atoms with van der Waals surface area (Å²) in [5, 5.41) is 3.07. The number of aromatic nitrogens is 5. The van der Waals surface area contributed by atoms with Gasteiger partial charge >= 0.3 is 0 Å². The Morgan fingerprint density at radius 1 is 1.11 bits per heavy atom. The Bertz CT molecular complexity index is 974. The zero-order valence-corrected chi connectivity index (χ0v) is 15.8. The van der Waals surface area contributed by atoms with E-state index >= 15 is 0 Å². The molecule has 1 N–H and O–H groups in total. The number of nitrogens with one attached hydrogen (secondary N) is 1. The third-order valence-corrected chi connectivity index (χ3v) is 4.68. The first kappa shape index (κ1) is 18.0. The zero-order valence-electron chi connectivity index (χ0n) is 15.8. The van der Waals surface area contributed by atoms with Gasteiger partial charge in [0.25, 0.3) is 5.91 Å². The molecule has 0 saturated carbocycles. The molecule has 1 unspecified atom stereocenters. The van der Waals surface area contributed by atoms with Crippen LogP contribution < -0.4 is 10.2 Å². The molecule has 3 aromatic heterocycles. The number of anilines is 1. The normalized spacial score (nSPS) is 15.6. The summed E-state index contributed by atoms with van der Waals surface area (Å²) in [6.07, 6.45) is 9.29. The summed E-state index contributed by atoms with van der Waals surface area (Å²) in [6, 6.07) is 5.42. The number of nitrogens with zero attached hydrogens (tertiary/aromatic N) is 6. The van der Waals surface area contributed by atoms with Gasteiger partial charge in [0.2, 0.25) is 5.95 Å². The molecule has 0 aliphatic heterocycles. The molecular formula is C20H21N7O. The van der Waals surface area contributed by atoms with Crippen molar-refractivity contribution >= 4 is 11.9 Å². The van der Waals surface area contributed by atoms with E-state index < -0.39 is 0 Å². The molecule has 8 nitrogen and oxygen atoms in total. The fourth-order valence-corrected chi connectivity index (χ4v) is 3.22. The van der Waals surface area contributed by atoms with Crippen molar-refractivity contribution in [3.05, 3.63) is 59.8 Å². The fourth-order valence-electron chi connectivity index (χ4n) is 3.22. The lowest BCUT2D eigenvalue weighted by atomic mass is 9.92. The number of hydrogen-bond acceptors (Lipinski definition) is 7. The molecule has 1 amide bonds. The van der Waals surface area contributed by atoms with Crippen LogP contribution in [-0.4, -0.2) is 44.9 Å². The van der Waals surface area contributed by atoms with Gasteiger partial charge in [-0.05, 0) is 31.4 Å². The predicted octanol–water partition coefficient (Wildman–Crippen LogP) is 2.20. The van der Waals surface area contributed by atoms with Gasteiger partial charge in [0.1, 0.15) is 5.69 Å². The Kier molecular flexibility index (Phi) is 4.92. The highest BCUT2D eigenvalue weighted by Crippen LogP contribution is 2.29. The maximum absolute atomic E-state index is 12.7. The molecule has 0 fully saturated rings. The molecule has 0 radical (unpaired) electrons. The number of carbonyl (C=O) groups is 1. The molecule has 0 saturated heterocycles. The molecule has 0 spiro atoms. The van der Waals surface area contributed by atoms with Crippen molar-refractivity contribution in [1.29, 1.82) is 0 Å². The van der Waals surface area contributed by atoms with Gasteiger partial charge in [0, 0.05) is 44.4 Å². The van der Waals surface area contributed by atoms with E-state index in [0.717, 1.165) is 30.5 Å². The number of pyridine rings is 1. The van der Waals surface area contributed by atoms with Gasteiger partial charge < -0.3 is 10.2 Å². The van der Waals surface area contributed by atoms with E-state index in [1.807, 2.05) is 43.4 Å². The third kappa shape index (κ3) is 3.66. The highest BCUT2D eigenvalue weighted by atomic mass is 16.1. The first-order valence-electron chi connectivity index (χ1n) is 9.19. The smallest absolute Gasteiger partial charge is 0.254 e. The highest BCUT2D eigenvalue weighted by Gasteiger charge is 2.24. The Morgan fingerprint density at radius 3 is 2.64 bits per heavy atom. The quantitative estimate of drug-likeness (QED) is 0.746. The molecule has 1 atom stereocenters. The van der Waals surface area contributed by atoms with Gasteiger partial charge in [-0.1, -0.05) is 6.07 Å². The van der Waals surface area contributed by atoms with Gasteiger partial charge in [-0.25, -0.2) is 19.9 Å². The molecule has 3 aromatic rings. The average Bonchev–Trinajstić information content (AvgIpc) is 2.74. The maximum Gasteiger partial charge on any atom is 0.254 e. The minimum absolute atomic E-state index is 0.108. The largest absolute Gasteiger partial charge is 0.347 e. The monoisotopic (exact) mass is 375 g/mol. The van der Waals surface area contributed by atoms with E-state index in [0.29, 0.717) is 23.0 Å². The standard InChI is InChI=1S/C20H21N7O/c1-27(2)20-24-12-14-15(7-5-8-16(14)26-20)25-19(28)13-10-22-18(23-11-13)17-6-3-4-9-21-17/h3-4,6,9-12,15H,5,7-8H2,1-2H3,(H,25,28). The molecule has 3 heterocycles. The van der Waals surface area contributed by atoms with Crippen LogP contribution in [0.25, 0.3) is 11.5 Å². The summed E-state index contributed by atoms with van der Waals surface area (Å²) in [5.41, 5.74) is 3.07. The summed E-state index contributed by atoms with van der Waals surface area (Å²) in [4.78, 5) is 36.4. The number of amides is 1. The highest BCUT2D eigenvalue weighted by molar-refractivity contribution is 5.94. The molecule has 1 aliphatic rings. The lowest BCUT2D eigenvalue weighted by Gasteiger charge is -2.26. The maximum atomic E-state index is 12.7. The second-order valence-electron chi connectivity index (χ2n) is 6.90. The van der Waals surface area contributed by atoms with Crippen LogP contribution in [0.2, 0.25) is 0 Å². The van der Waals surface area contributed by atoms with E-state index in [1.165, 1.54) is 12.4 Å². The molecule has 8 heteroatoms. The van der Waals surface area contributed by atoms with Gasteiger partial charge in [-0.15, -0.1) is 0 Å². The number of rotatable bonds is 4. The Morgan fingerprint density at radius 2 is 1.93 bits per heavy atom. The van der Waals surface area contributed by atoms with Gasteiger partial charge in [-0.2, -0.15) is 0 Å².